The van der Waals surface area contributed by atoms with Crippen LogP contribution >= 0.6 is 0 Å². The molecule has 1 N–H and O–H groups in total. The lowest BCUT2D eigenvalue weighted by atomic mass is 10.1. The van der Waals surface area contributed by atoms with Gasteiger partial charge in [-0.15, -0.1) is 0 Å². The van der Waals surface area contributed by atoms with Gasteiger partial charge < -0.3 is 19.1 Å². The molecule has 0 aliphatic carbocycles. The van der Waals surface area contributed by atoms with Crippen molar-refractivity contribution in [3.63, 3.8) is 0 Å². The van der Waals surface area contributed by atoms with Crippen molar-refractivity contribution >= 4 is 16.8 Å². The summed E-state index contributed by atoms with van der Waals surface area (Å²) in [7, 11) is 3.28. The maximum Gasteiger partial charge on any atom is 0.274 e. The largest absolute Gasteiger partial charge is 0.497 e. The van der Waals surface area contributed by atoms with E-state index in [4.69, 9.17) is 9.26 Å². The average Bonchev–Trinajstić information content (AvgIpc) is 3.39. The van der Waals surface area contributed by atoms with E-state index >= 15 is 0 Å². The van der Waals surface area contributed by atoms with Gasteiger partial charge in [0.25, 0.3) is 11.8 Å². The molecular weight excluding hydrogens is 387 g/mol. The van der Waals surface area contributed by atoms with E-state index < -0.39 is 5.82 Å². The van der Waals surface area contributed by atoms with Gasteiger partial charge in [-0.2, -0.15) is 4.98 Å². The summed E-state index contributed by atoms with van der Waals surface area (Å²) in [5, 5.41) is 4.97. The van der Waals surface area contributed by atoms with Gasteiger partial charge in [-0.3, -0.25) is 4.79 Å². The molecule has 2 aromatic heterocycles. The molecule has 2 aromatic carbocycles. The Morgan fingerprint density at radius 1 is 1.23 bits per heavy atom. The first-order valence-electron chi connectivity index (χ1n) is 9.46. The molecule has 2 heterocycles. The van der Waals surface area contributed by atoms with Crippen LogP contribution in [-0.2, 0) is 6.42 Å². The van der Waals surface area contributed by atoms with E-state index in [0.29, 0.717) is 41.5 Å². The number of halogens is 1. The topological polar surface area (TPSA) is 84.2 Å². The maximum atomic E-state index is 13.7. The van der Waals surface area contributed by atoms with Crippen molar-refractivity contribution in [3.05, 3.63) is 65.2 Å². The van der Waals surface area contributed by atoms with Crippen molar-refractivity contribution in [2.45, 2.75) is 13.3 Å². The Balaban J connectivity index is 1.43. The smallest absolute Gasteiger partial charge is 0.274 e. The van der Waals surface area contributed by atoms with Gasteiger partial charge in [0.15, 0.2) is 5.82 Å². The lowest BCUT2D eigenvalue weighted by Gasteiger charge is -2.16. The quantitative estimate of drug-likeness (QED) is 0.522. The zero-order valence-electron chi connectivity index (χ0n) is 16.9. The summed E-state index contributed by atoms with van der Waals surface area (Å²) in [6, 6.07) is 12.1. The number of carbonyl (C=O) groups is 1. The van der Waals surface area contributed by atoms with Crippen LogP contribution < -0.4 is 4.74 Å². The third-order valence-electron chi connectivity index (χ3n) is 4.96. The van der Waals surface area contributed by atoms with Crippen LogP contribution in [0.1, 0.15) is 21.7 Å². The van der Waals surface area contributed by atoms with Crippen LogP contribution in [0.25, 0.3) is 22.5 Å². The van der Waals surface area contributed by atoms with Gasteiger partial charge in [0.1, 0.15) is 17.3 Å². The molecule has 0 atom stereocenters. The average molecular weight is 408 g/mol. The number of likely N-dealkylation sites (N-methyl/N-ethyl adjacent to an activating group) is 1. The molecular formula is C22H21FN4O3. The number of benzene rings is 2. The van der Waals surface area contributed by atoms with Crippen molar-refractivity contribution < 1.29 is 18.4 Å². The number of aromatic nitrogens is 3. The molecule has 1 amide bonds. The number of aromatic amines is 1. The number of methoxy groups -OCH3 is 1. The van der Waals surface area contributed by atoms with Crippen LogP contribution in [0.15, 0.2) is 47.0 Å². The van der Waals surface area contributed by atoms with Crippen molar-refractivity contribution in [2.75, 3.05) is 20.7 Å². The number of fused-ring (bicyclic) bond motifs is 1. The monoisotopic (exact) mass is 408 g/mol. The van der Waals surface area contributed by atoms with Crippen LogP contribution in [0.4, 0.5) is 4.39 Å². The Hall–Kier alpha value is -3.68. The van der Waals surface area contributed by atoms with E-state index in [1.807, 2.05) is 24.3 Å². The van der Waals surface area contributed by atoms with Crippen LogP contribution in [0.2, 0.25) is 0 Å². The molecule has 0 bridgehead atoms. The van der Waals surface area contributed by atoms with E-state index in [9.17, 15) is 9.18 Å². The van der Waals surface area contributed by atoms with Crippen LogP contribution in [0.3, 0.4) is 0 Å². The molecule has 4 aromatic rings. The Bertz CT molecular complexity index is 1210. The fourth-order valence-corrected chi connectivity index (χ4v) is 3.13. The van der Waals surface area contributed by atoms with Crippen molar-refractivity contribution in [2.24, 2.45) is 0 Å². The second kappa shape index (κ2) is 7.98. The summed E-state index contributed by atoms with van der Waals surface area (Å²) in [4.78, 5) is 21.6. The Morgan fingerprint density at radius 3 is 2.83 bits per heavy atom. The zero-order valence-corrected chi connectivity index (χ0v) is 16.9. The van der Waals surface area contributed by atoms with Crippen LogP contribution in [0.5, 0.6) is 5.75 Å². The predicted octanol–water partition coefficient (Wildman–Crippen LogP) is 3.99. The Morgan fingerprint density at radius 2 is 2.07 bits per heavy atom. The third kappa shape index (κ3) is 3.89. The van der Waals surface area contributed by atoms with Gasteiger partial charge >= 0.3 is 0 Å². The zero-order chi connectivity index (χ0) is 21.3. The molecule has 0 aliphatic heterocycles. The number of ether oxygens (including phenoxy) is 1. The third-order valence-corrected chi connectivity index (χ3v) is 4.96. The van der Waals surface area contributed by atoms with E-state index in [1.165, 1.54) is 11.0 Å². The van der Waals surface area contributed by atoms with Crippen molar-refractivity contribution in [1.29, 1.82) is 0 Å². The van der Waals surface area contributed by atoms with E-state index in [-0.39, 0.29) is 5.91 Å². The number of hydrogen-bond acceptors (Lipinski definition) is 5. The highest BCUT2D eigenvalue weighted by Gasteiger charge is 2.16. The standard InChI is InChI=1S/C22H21FN4O3/c1-13-4-5-14(11-17(13)23)22(28)27(2)9-8-20-25-21(30-26-20)19-12-15-10-16(29-3)6-7-18(15)24-19/h4-7,10-12,24H,8-9H2,1-3H3. The highest BCUT2D eigenvalue weighted by atomic mass is 19.1. The van der Waals surface area contributed by atoms with Gasteiger partial charge in [0.2, 0.25) is 0 Å². The van der Waals surface area contributed by atoms with Gasteiger partial charge in [0.05, 0.1) is 7.11 Å². The van der Waals surface area contributed by atoms with E-state index in [0.717, 1.165) is 16.7 Å². The SMILES string of the molecule is COc1ccc2[nH]c(-c3nc(CCN(C)C(=O)c4ccc(C)c(F)c4)no3)cc2c1. The summed E-state index contributed by atoms with van der Waals surface area (Å²) in [5.74, 6) is 0.960. The number of nitrogens with one attached hydrogen (secondary N) is 1. The summed E-state index contributed by atoms with van der Waals surface area (Å²) >= 11 is 0. The fourth-order valence-electron chi connectivity index (χ4n) is 3.13. The molecule has 0 saturated carbocycles. The molecule has 30 heavy (non-hydrogen) atoms. The lowest BCUT2D eigenvalue weighted by Crippen LogP contribution is -2.29. The van der Waals surface area contributed by atoms with Gasteiger partial charge in [-0.1, -0.05) is 11.2 Å². The minimum atomic E-state index is -0.395. The first-order chi connectivity index (χ1) is 14.4. The number of rotatable bonds is 6. The maximum absolute atomic E-state index is 13.7. The van der Waals surface area contributed by atoms with Gasteiger partial charge in [0, 0.05) is 36.5 Å². The Kier molecular flexibility index (Phi) is 5.22. The minimum Gasteiger partial charge on any atom is -0.497 e. The van der Waals surface area contributed by atoms with Crippen molar-refractivity contribution in [3.8, 4) is 17.3 Å². The first kappa shape index (κ1) is 19.6. The number of hydrogen-bond donors (Lipinski definition) is 1. The summed E-state index contributed by atoms with van der Waals surface area (Å²) in [6.45, 7) is 2.03. The molecule has 154 valence electrons. The molecule has 0 fully saturated rings. The number of nitrogens with zero attached hydrogens (tertiary/aromatic N) is 3. The summed E-state index contributed by atoms with van der Waals surface area (Å²) in [6.07, 6.45) is 0.411. The minimum absolute atomic E-state index is 0.262. The molecule has 7 nitrogen and oxygen atoms in total. The van der Waals surface area contributed by atoms with Crippen molar-refractivity contribution in [1.82, 2.24) is 20.0 Å². The molecule has 0 radical (unpaired) electrons. The highest BCUT2D eigenvalue weighted by molar-refractivity contribution is 5.94. The van der Waals surface area contributed by atoms with Crippen LogP contribution in [0, 0.1) is 12.7 Å². The summed E-state index contributed by atoms with van der Waals surface area (Å²) in [5.41, 5.74) is 2.45. The predicted molar refractivity (Wildman–Crippen MR) is 110 cm³/mol. The van der Waals surface area contributed by atoms with E-state index in [2.05, 4.69) is 15.1 Å². The second-order valence-corrected chi connectivity index (χ2v) is 7.09. The molecule has 0 aliphatic rings. The molecule has 8 heteroatoms. The number of aryl methyl sites for hydroxylation is 1. The lowest BCUT2D eigenvalue weighted by molar-refractivity contribution is 0.0795. The van der Waals surface area contributed by atoms with Gasteiger partial charge in [-0.05, 0) is 48.9 Å². The van der Waals surface area contributed by atoms with E-state index in [1.54, 1.807) is 33.2 Å². The number of H-pyrrole nitrogens is 1. The summed E-state index contributed by atoms with van der Waals surface area (Å²) < 4.78 is 24.3. The number of carbonyl (C=O) groups excluding carboxylic acids is 1. The number of amides is 1. The molecule has 0 saturated heterocycles. The molecule has 4 rings (SSSR count). The van der Waals surface area contributed by atoms with Crippen LogP contribution in [-0.4, -0.2) is 46.6 Å². The molecule has 0 spiro atoms. The fraction of sp³-hybridized carbons (Fsp3) is 0.227. The second-order valence-electron chi connectivity index (χ2n) is 7.09. The highest BCUT2D eigenvalue weighted by Crippen LogP contribution is 2.26. The normalized spacial score (nSPS) is 11.1. The molecule has 0 unspecified atom stereocenters. The Labute approximate surface area is 172 Å². The van der Waals surface area contributed by atoms with Gasteiger partial charge in [-0.25, -0.2) is 4.39 Å². The first-order valence-corrected chi connectivity index (χ1v) is 9.46.